The molecule has 1 amide bonds. The van der Waals surface area contributed by atoms with Gasteiger partial charge in [0.25, 0.3) is 5.91 Å². The van der Waals surface area contributed by atoms with Crippen molar-refractivity contribution in [2.75, 3.05) is 33.9 Å². The smallest absolute Gasteiger partial charge is 0.258 e. The fourth-order valence-corrected chi connectivity index (χ4v) is 3.43. The van der Waals surface area contributed by atoms with E-state index in [1.807, 2.05) is 0 Å². The molecule has 1 aromatic carbocycles. The van der Waals surface area contributed by atoms with Crippen molar-refractivity contribution < 1.29 is 22.7 Å². The number of rotatable bonds is 7. The van der Waals surface area contributed by atoms with Crippen LogP contribution in [0.15, 0.2) is 23.1 Å². The Hall–Kier alpha value is -1.35. The van der Waals surface area contributed by atoms with E-state index >= 15 is 0 Å². The van der Waals surface area contributed by atoms with Crippen LogP contribution in [0.3, 0.4) is 0 Å². The maximum absolute atomic E-state index is 12.0. The fraction of sp³-hybridized carbons (Fsp3) is 0.533. The lowest BCUT2D eigenvalue weighted by molar-refractivity contribution is -0.123. The number of hydrogen-bond acceptors (Lipinski definition) is 5. The molecule has 1 saturated heterocycles. The van der Waals surface area contributed by atoms with E-state index in [1.165, 1.54) is 32.3 Å². The van der Waals surface area contributed by atoms with Crippen LogP contribution < -0.4 is 10.1 Å². The molecule has 0 radical (unpaired) electrons. The molecule has 0 aliphatic carbocycles. The molecule has 2 rings (SSSR count). The summed E-state index contributed by atoms with van der Waals surface area (Å²) in [6, 6.07) is 4.13. The maximum atomic E-state index is 12.0. The summed E-state index contributed by atoms with van der Waals surface area (Å²) in [4.78, 5) is 11.8. The monoisotopic (exact) mass is 376 g/mol. The quantitative estimate of drug-likeness (QED) is 0.774. The molecule has 134 valence electrons. The first-order chi connectivity index (χ1) is 11.3. The average Bonchev–Trinajstić information content (AvgIpc) is 3.04. The molecule has 24 heavy (non-hydrogen) atoms. The minimum Gasteiger partial charge on any atom is -0.482 e. The third-order valence-corrected chi connectivity index (χ3v) is 5.70. The predicted molar refractivity (Wildman–Crippen MR) is 89.8 cm³/mol. The van der Waals surface area contributed by atoms with Crippen LogP contribution in [0.5, 0.6) is 5.75 Å². The summed E-state index contributed by atoms with van der Waals surface area (Å²) in [6.07, 6.45) is 2.01. The van der Waals surface area contributed by atoms with Crippen LogP contribution in [0.25, 0.3) is 0 Å². The van der Waals surface area contributed by atoms with E-state index in [0.29, 0.717) is 6.54 Å². The van der Waals surface area contributed by atoms with Crippen LogP contribution in [0, 0.1) is 0 Å². The molecule has 9 heteroatoms. The van der Waals surface area contributed by atoms with Crippen molar-refractivity contribution in [3.63, 3.8) is 0 Å². The number of carbonyl (C=O) groups excluding carboxylic acids is 1. The van der Waals surface area contributed by atoms with Crippen LogP contribution in [0.4, 0.5) is 0 Å². The van der Waals surface area contributed by atoms with Gasteiger partial charge in [0.2, 0.25) is 10.0 Å². The van der Waals surface area contributed by atoms with E-state index in [4.69, 9.17) is 21.1 Å². The molecule has 1 aliphatic heterocycles. The number of nitrogens with zero attached hydrogens (tertiary/aromatic N) is 1. The van der Waals surface area contributed by atoms with Crippen molar-refractivity contribution in [2.24, 2.45) is 0 Å². The lowest BCUT2D eigenvalue weighted by atomic mass is 10.2. The van der Waals surface area contributed by atoms with E-state index < -0.39 is 10.0 Å². The second kappa shape index (κ2) is 8.15. The van der Waals surface area contributed by atoms with E-state index in [-0.39, 0.29) is 34.3 Å². The molecule has 1 fully saturated rings. The zero-order chi connectivity index (χ0) is 17.7. The Morgan fingerprint density at radius 2 is 2.21 bits per heavy atom. The Morgan fingerprint density at radius 1 is 1.46 bits per heavy atom. The standard InChI is InChI=1S/C15H21ClN2O5S/c1-18(2)24(20,21)12-5-6-14(13(16)8-12)23-10-15(19)17-9-11-4-3-7-22-11/h5-6,8,11H,3-4,7,9-10H2,1-2H3,(H,17,19)/t11-/m1/s1. The largest absolute Gasteiger partial charge is 0.482 e. The first-order valence-electron chi connectivity index (χ1n) is 7.54. The second-order valence-corrected chi connectivity index (χ2v) is 8.17. The van der Waals surface area contributed by atoms with Gasteiger partial charge in [0.15, 0.2) is 6.61 Å². The van der Waals surface area contributed by atoms with Crippen LogP contribution in [0.2, 0.25) is 5.02 Å². The molecular formula is C15H21ClN2O5S. The molecule has 0 bridgehead atoms. The highest BCUT2D eigenvalue weighted by Crippen LogP contribution is 2.28. The first-order valence-corrected chi connectivity index (χ1v) is 9.35. The van der Waals surface area contributed by atoms with Crippen molar-refractivity contribution in [2.45, 2.75) is 23.8 Å². The van der Waals surface area contributed by atoms with Gasteiger partial charge in [-0.2, -0.15) is 0 Å². The molecule has 1 N–H and O–H groups in total. The van der Waals surface area contributed by atoms with E-state index in [9.17, 15) is 13.2 Å². The van der Waals surface area contributed by atoms with Gasteiger partial charge in [0, 0.05) is 27.2 Å². The number of carbonyl (C=O) groups is 1. The summed E-state index contributed by atoms with van der Waals surface area (Å²) in [6.45, 7) is 0.983. The third kappa shape index (κ3) is 4.83. The lowest BCUT2D eigenvalue weighted by Gasteiger charge is -2.14. The number of hydrogen-bond donors (Lipinski definition) is 1. The summed E-state index contributed by atoms with van der Waals surface area (Å²) in [5.41, 5.74) is 0. The highest BCUT2D eigenvalue weighted by Gasteiger charge is 2.19. The maximum Gasteiger partial charge on any atom is 0.258 e. The van der Waals surface area contributed by atoms with Crippen molar-refractivity contribution in [3.8, 4) is 5.75 Å². The summed E-state index contributed by atoms with van der Waals surface area (Å²) in [7, 11) is -0.692. The summed E-state index contributed by atoms with van der Waals surface area (Å²) >= 11 is 6.04. The minimum absolute atomic E-state index is 0.0627. The second-order valence-electron chi connectivity index (χ2n) is 5.61. The predicted octanol–water partition coefficient (Wildman–Crippen LogP) is 1.26. The molecular weight excluding hydrogens is 356 g/mol. The third-order valence-electron chi connectivity index (χ3n) is 3.59. The van der Waals surface area contributed by atoms with Gasteiger partial charge < -0.3 is 14.8 Å². The summed E-state index contributed by atoms with van der Waals surface area (Å²) < 4.78 is 35.9. The van der Waals surface area contributed by atoms with Gasteiger partial charge in [0.1, 0.15) is 5.75 Å². The number of ether oxygens (including phenoxy) is 2. The SMILES string of the molecule is CN(C)S(=O)(=O)c1ccc(OCC(=O)NC[C@H]2CCCO2)c(Cl)c1. The van der Waals surface area contributed by atoms with E-state index in [1.54, 1.807) is 0 Å². The van der Waals surface area contributed by atoms with E-state index in [2.05, 4.69) is 5.32 Å². The molecule has 0 saturated carbocycles. The van der Waals surface area contributed by atoms with Crippen molar-refractivity contribution in [1.29, 1.82) is 0 Å². The Labute approximate surface area is 146 Å². The molecule has 0 unspecified atom stereocenters. The Kier molecular flexibility index (Phi) is 6.45. The zero-order valence-electron chi connectivity index (χ0n) is 13.6. The molecule has 1 aromatic rings. The van der Waals surface area contributed by atoms with Gasteiger partial charge in [-0.05, 0) is 31.0 Å². The molecule has 0 spiro atoms. The van der Waals surface area contributed by atoms with Crippen LogP contribution in [0.1, 0.15) is 12.8 Å². The fourth-order valence-electron chi connectivity index (χ4n) is 2.20. The first kappa shape index (κ1) is 19.0. The number of sulfonamides is 1. The van der Waals surface area contributed by atoms with Gasteiger partial charge in [-0.1, -0.05) is 11.6 Å². The Bertz CT molecular complexity index is 687. The van der Waals surface area contributed by atoms with Gasteiger partial charge in [-0.3, -0.25) is 4.79 Å². The molecule has 7 nitrogen and oxygen atoms in total. The zero-order valence-corrected chi connectivity index (χ0v) is 15.2. The van der Waals surface area contributed by atoms with Crippen molar-refractivity contribution in [1.82, 2.24) is 9.62 Å². The Balaban J connectivity index is 1.89. The van der Waals surface area contributed by atoms with Crippen LogP contribution in [-0.2, 0) is 19.6 Å². The van der Waals surface area contributed by atoms with Crippen molar-refractivity contribution >= 4 is 27.5 Å². The highest BCUT2D eigenvalue weighted by atomic mass is 35.5. The topological polar surface area (TPSA) is 84.9 Å². The number of nitrogens with one attached hydrogen (secondary N) is 1. The van der Waals surface area contributed by atoms with Gasteiger partial charge in [0.05, 0.1) is 16.0 Å². The van der Waals surface area contributed by atoms with Crippen molar-refractivity contribution in [3.05, 3.63) is 23.2 Å². The molecule has 1 atom stereocenters. The lowest BCUT2D eigenvalue weighted by Crippen LogP contribution is -2.35. The molecule has 1 heterocycles. The summed E-state index contributed by atoms with van der Waals surface area (Å²) in [5, 5.41) is 2.86. The van der Waals surface area contributed by atoms with E-state index in [0.717, 1.165) is 23.8 Å². The van der Waals surface area contributed by atoms with Crippen LogP contribution >= 0.6 is 11.6 Å². The van der Waals surface area contributed by atoms with Gasteiger partial charge in [-0.15, -0.1) is 0 Å². The average molecular weight is 377 g/mol. The molecule has 1 aliphatic rings. The summed E-state index contributed by atoms with van der Waals surface area (Å²) in [5.74, 6) is -0.0341. The highest BCUT2D eigenvalue weighted by molar-refractivity contribution is 7.89. The Morgan fingerprint density at radius 3 is 2.79 bits per heavy atom. The number of amides is 1. The normalized spacial score (nSPS) is 17.9. The number of halogens is 1. The van der Waals surface area contributed by atoms with Gasteiger partial charge in [-0.25, -0.2) is 12.7 Å². The molecule has 0 aromatic heterocycles. The minimum atomic E-state index is -3.57. The number of benzene rings is 1. The van der Waals surface area contributed by atoms with Crippen LogP contribution in [-0.4, -0.2) is 58.6 Å². The van der Waals surface area contributed by atoms with Gasteiger partial charge >= 0.3 is 0 Å².